The molecule has 1 saturated carbocycles. The van der Waals surface area contributed by atoms with Crippen molar-refractivity contribution in [2.45, 2.75) is 25.7 Å². The van der Waals surface area contributed by atoms with Gasteiger partial charge in [-0.05, 0) is 19.8 Å². The monoisotopic (exact) mass is 230 g/mol. The van der Waals surface area contributed by atoms with E-state index < -0.39 is 0 Å². The van der Waals surface area contributed by atoms with E-state index in [0.29, 0.717) is 11.7 Å². The lowest BCUT2D eigenvalue weighted by atomic mass is 10.2. The number of aromatic nitrogens is 4. The minimum Gasteiger partial charge on any atom is -0.306 e. The summed E-state index contributed by atoms with van der Waals surface area (Å²) in [5.41, 5.74) is 2.60. The maximum absolute atomic E-state index is 11.6. The average molecular weight is 230 g/mol. The van der Waals surface area contributed by atoms with E-state index in [9.17, 15) is 4.79 Å². The van der Waals surface area contributed by atoms with Crippen molar-refractivity contribution >= 4 is 0 Å². The van der Waals surface area contributed by atoms with Gasteiger partial charge in [0.25, 0.3) is 5.56 Å². The molecule has 88 valence electrons. The molecule has 0 aromatic carbocycles. The summed E-state index contributed by atoms with van der Waals surface area (Å²) in [7, 11) is 1.86. The van der Waals surface area contributed by atoms with E-state index in [0.717, 1.165) is 29.8 Å². The van der Waals surface area contributed by atoms with Crippen molar-refractivity contribution in [2.24, 2.45) is 7.05 Å². The van der Waals surface area contributed by atoms with Gasteiger partial charge in [0.15, 0.2) is 0 Å². The van der Waals surface area contributed by atoms with Crippen LogP contribution in [0.1, 0.15) is 30.1 Å². The van der Waals surface area contributed by atoms with E-state index in [1.807, 2.05) is 20.2 Å². The normalized spacial score (nSPS) is 15.2. The SMILES string of the molecule is Cc1nn(C)cc1-c1nc(C2CC2)cc(=O)[nH]1. The number of nitrogens with zero attached hydrogens (tertiary/aromatic N) is 3. The highest BCUT2D eigenvalue weighted by molar-refractivity contribution is 5.56. The molecule has 1 N–H and O–H groups in total. The number of hydrogen-bond acceptors (Lipinski definition) is 3. The Morgan fingerprint density at radius 2 is 2.24 bits per heavy atom. The fourth-order valence-corrected chi connectivity index (χ4v) is 2.02. The van der Waals surface area contributed by atoms with Gasteiger partial charge in [0.1, 0.15) is 5.82 Å². The summed E-state index contributed by atoms with van der Waals surface area (Å²) in [5.74, 6) is 1.11. The second-order valence-electron chi connectivity index (χ2n) is 4.59. The standard InChI is InChI=1S/C12H14N4O/c1-7-9(6-16(2)15-7)12-13-10(8-3-4-8)5-11(17)14-12/h5-6,8H,3-4H2,1-2H3,(H,13,14,17). The van der Waals surface area contributed by atoms with E-state index in [1.54, 1.807) is 10.7 Å². The first-order valence-corrected chi connectivity index (χ1v) is 5.75. The van der Waals surface area contributed by atoms with Gasteiger partial charge in [-0.1, -0.05) is 0 Å². The highest BCUT2D eigenvalue weighted by Crippen LogP contribution is 2.38. The van der Waals surface area contributed by atoms with Crippen LogP contribution in [-0.2, 0) is 7.05 Å². The molecule has 1 aliphatic carbocycles. The van der Waals surface area contributed by atoms with Crippen molar-refractivity contribution in [3.8, 4) is 11.4 Å². The Bertz CT molecular complexity index is 622. The second kappa shape index (κ2) is 3.55. The third-order valence-electron chi connectivity index (χ3n) is 3.03. The summed E-state index contributed by atoms with van der Waals surface area (Å²) in [6, 6.07) is 1.60. The zero-order chi connectivity index (χ0) is 12.0. The van der Waals surface area contributed by atoms with Gasteiger partial charge in [-0.2, -0.15) is 5.10 Å². The molecular weight excluding hydrogens is 216 g/mol. The van der Waals surface area contributed by atoms with Crippen LogP contribution < -0.4 is 5.56 Å². The Morgan fingerprint density at radius 3 is 2.82 bits per heavy atom. The van der Waals surface area contributed by atoms with E-state index in [4.69, 9.17) is 0 Å². The van der Waals surface area contributed by atoms with Crippen LogP contribution in [-0.4, -0.2) is 19.7 Å². The summed E-state index contributed by atoms with van der Waals surface area (Å²) in [6.07, 6.45) is 4.16. The van der Waals surface area contributed by atoms with Gasteiger partial charge < -0.3 is 4.98 Å². The van der Waals surface area contributed by atoms with Gasteiger partial charge in [0.05, 0.1) is 17.0 Å². The van der Waals surface area contributed by atoms with Crippen LogP contribution in [0.3, 0.4) is 0 Å². The fraction of sp³-hybridized carbons (Fsp3) is 0.417. The number of aromatic amines is 1. The molecule has 3 rings (SSSR count). The molecule has 0 aliphatic heterocycles. The molecule has 1 aliphatic rings. The van der Waals surface area contributed by atoms with Crippen molar-refractivity contribution in [3.63, 3.8) is 0 Å². The molecule has 2 aromatic heterocycles. The third-order valence-corrected chi connectivity index (χ3v) is 3.03. The van der Waals surface area contributed by atoms with Gasteiger partial charge >= 0.3 is 0 Å². The van der Waals surface area contributed by atoms with E-state index in [-0.39, 0.29) is 5.56 Å². The smallest absolute Gasteiger partial charge is 0.251 e. The van der Waals surface area contributed by atoms with Gasteiger partial charge in [-0.3, -0.25) is 9.48 Å². The van der Waals surface area contributed by atoms with Crippen LogP contribution in [0.2, 0.25) is 0 Å². The minimum absolute atomic E-state index is 0.0832. The molecule has 2 aromatic rings. The summed E-state index contributed by atoms with van der Waals surface area (Å²) < 4.78 is 1.73. The van der Waals surface area contributed by atoms with Crippen molar-refractivity contribution < 1.29 is 0 Å². The second-order valence-corrected chi connectivity index (χ2v) is 4.59. The molecule has 0 amide bonds. The molecule has 5 nitrogen and oxygen atoms in total. The first-order chi connectivity index (χ1) is 8.13. The molecule has 0 atom stereocenters. The van der Waals surface area contributed by atoms with Crippen molar-refractivity contribution in [2.75, 3.05) is 0 Å². The number of hydrogen-bond donors (Lipinski definition) is 1. The summed E-state index contributed by atoms with van der Waals surface area (Å²) in [5, 5.41) is 4.26. The fourth-order valence-electron chi connectivity index (χ4n) is 2.02. The van der Waals surface area contributed by atoms with Crippen molar-refractivity contribution in [3.05, 3.63) is 34.0 Å². The molecule has 17 heavy (non-hydrogen) atoms. The lowest BCUT2D eigenvalue weighted by Gasteiger charge is -2.01. The predicted molar refractivity (Wildman–Crippen MR) is 63.8 cm³/mol. The van der Waals surface area contributed by atoms with Crippen molar-refractivity contribution in [1.29, 1.82) is 0 Å². The van der Waals surface area contributed by atoms with Crippen LogP contribution >= 0.6 is 0 Å². The number of aryl methyl sites for hydroxylation is 2. The van der Waals surface area contributed by atoms with Gasteiger partial charge in [-0.25, -0.2) is 4.98 Å². The van der Waals surface area contributed by atoms with Gasteiger partial charge in [0.2, 0.25) is 0 Å². The summed E-state index contributed by atoms with van der Waals surface area (Å²) in [6.45, 7) is 1.92. The molecular formula is C12H14N4O. The molecule has 0 radical (unpaired) electrons. The first kappa shape index (κ1) is 10.3. The lowest BCUT2D eigenvalue weighted by Crippen LogP contribution is -2.10. The van der Waals surface area contributed by atoms with E-state index >= 15 is 0 Å². The number of nitrogens with one attached hydrogen (secondary N) is 1. The Labute approximate surface area is 98.5 Å². The third kappa shape index (κ3) is 1.88. The lowest BCUT2D eigenvalue weighted by molar-refractivity contribution is 0.756. The van der Waals surface area contributed by atoms with E-state index in [1.165, 1.54) is 0 Å². The predicted octanol–water partition coefficient (Wildman–Crippen LogP) is 1.36. The first-order valence-electron chi connectivity index (χ1n) is 5.75. The Kier molecular flexibility index (Phi) is 2.14. The zero-order valence-corrected chi connectivity index (χ0v) is 9.90. The summed E-state index contributed by atoms with van der Waals surface area (Å²) in [4.78, 5) is 18.9. The molecule has 0 bridgehead atoms. The molecule has 1 fully saturated rings. The summed E-state index contributed by atoms with van der Waals surface area (Å²) >= 11 is 0. The quantitative estimate of drug-likeness (QED) is 0.847. The minimum atomic E-state index is -0.0832. The molecule has 0 unspecified atom stereocenters. The molecule has 0 saturated heterocycles. The van der Waals surface area contributed by atoms with Crippen LogP contribution in [0.25, 0.3) is 11.4 Å². The molecule has 5 heteroatoms. The van der Waals surface area contributed by atoms with Crippen LogP contribution in [0.15, 0.2) is 17.1 Å². The highest BCUT2D eigenvalue weighted by atomic mass is 16.1. The largest absolute Gasteiger partial charge is 0.306 e. The van der Waals surface area contributed by atoms with Gasteiger partial charge in [0, 0.05) is 25.2 Å². The maximum Gasteiger partial charge on any atom is 0.251 e. The molecule has 0 spiro atoms. The van der Waals surface area contributed by atoms with Crippen LogP contribution in [0.4, 0.5) is 0 Å². The zero-order valence-electron chi connectivity index (χ0n) is 9.90. The Balaban J connectivity index is 2.13. The number of H-pyrrole nitrogens is 1. The Hall–Kier alpha value is -1.91. The van der Waals surface area contributed by atoms with Crippen LogP contribution in [0.5, 0.6) is 0 Å². The van der Waals surface area contributed by atoms with Crippen molar-refractivity contribution in [1.82, 2.24) is 19.7 Å². The van der Waals surface area contributed by atoms with Crippen LogP contribution in [0, 0.1) is 6.92 Å². The Morgan fingerprint density at radius 1 is 1.47 bits per heavy atom. The van der Waals surface area contributed by atoms with E-state index in [2.05, 4.69) is 15.1 Å². The topological polar surface area (TPSA) is 63.6 Å². The number of rotatable bonds is 2. The molecule has 2 heterocycles. The highest BCUT2D eigenvalue weighted by Gasteiger charge is 2.26. The van der Waals surface area contributed by atoms with Gasteiger partial charge in [-0.15, -0.1) is 0 Å². The average Bonchev–Trinajstić information content (AvgIpc) is 3.04. The maximum atomic E-state index is 11.6.